The van der Waals surface area contributed by atoms with Crippen molar-refractivity contribution in [2.24, 2.45) is 5.73 Å². The maximum atomic E-state index is 12.4. The van der Waals surface area contributed by atoms with Crippen LogP contribution in [0.15, 0.2) is 43.9 Å². The average molecular weight is 420 g/mol. The van der Waals surface area contributed by atoms with Crippen LogP contribution >= 0.6 is 11.8 Å². The van der Waals surface area contributed by atoms with Gasteiger partial charge < -0.3 is 10.2 Å². The molecule has 146 valence electrons. The molecule has 0 saturated heterocycles. The summed E-state index contributed by atoms with van der Waals surface area (Å²) in [6.07, 6.45) is 0. The van der Waals surface area contributed by atoms with Crippen LogP contribution in [0.1, 0.15) is 6.92 Å². The zero-order chi connectivity index (χ0) is 20.6. The summed E-state index contributed by atoms with van der Waals surface area (Å²) >= 11 is 1.04. The number of carbonyl (C=O) groups excluding carboxylic acids is 1. The van der Waals surface area contributed by atoms with E-state index in [4.69, 9.17) is 15.4 Å². The molecule has 2 aromatic heterocycles. The highest BCUT2D eigenvalue weighted by atomic mass is 32.2. The van der Waals surface area contributed by atoms with Crippen molar-refractivity contribution in [1.82, 2.24) is 18.9 Å². The number of sulfonamides is 1. The van der Waals surface area contributed by atoms with E-state index in [0.717, 1.165) is 16.1 Å². The smallest absolute Gasteiger partial charge is 0.328 e. The zero-order valence-electron chi connectivity index (χ0n) is 15.2. The van der Waals surface area contributed by atoms with Gasteiger partial charge in [-0.2, -0.15) is 5.26 Å². The third-order valence-corrected chi connectivity index (χ3v) is 6.61. The SMILES string of the molecule is C/C(N)=C(/C#N)C(=O)CSc1nnc2oc3ccc(S(=O)(=O)N(C)C)cc3n12. The number of allylic oxidation sites excluding steroid dienone is 2. The predicted octanol–water partition coefficient (Wildman–Crippen LogP) is 1.14. The summed E-state index contributed by atoms with van der Waals surface area (Å²) < 4.78 is 33.0. The van der Waals surface area contributed by atoms with Crippen molar-refractivity contribution in [2.45, 2.75) is 17.0 Å². The van der Waals surface area contributed by atoms with Crippen molar-refractivity contribution in [2.75, 3.05) is 19.8 Å². The van der Waals surface area contributed by atoms with Crippen LogP contribution in [0, 0.1) is 11.3 Å². The van der Waals surface area contributed by atoms with E-state index in [1.807, 2.05) is 0 Å². The van der Waals surface area contributed by atoms with Gasteiger partial charge in [-0.3, -0.25) is 4.79 Å². The largest absolute Gasteiger partial charge is 0.422 e. The van der Waals surface area contributed by atoms with Crippen molar-refractivity contribution in [3.8, 4) is 6.07 Å². The first-order chi connectivity index (χ1) is 13.2. The van der Waals surface area contributed by atoms with Gasteiger partial charge in [-0.1, -0.05) is 16.9 Å². The number of Topliss-reactive ketones (excluding diaryl/α,β-unsaturated/α-hetero) is 1. The van der Waals surface area contributed by atoms with Gasteiger partial charge in [0.2, 0.25) is 10.0 Å². The lowest BCUT2D eigenvalue weighted by Crippen LogP contribution is -2.22. The number of nitrogens with two attached hydrogens (primary N) is 1. The van der Waals surface area contributed by atoms with Crippen LogP contribution in [0.2, 0.25) is 0 Å². The Hall–Kier alpha value is -2.88. The lowest BCUT2D eigenvalue weighted by Gasteiger charge is -2.10. The minimum atomic E-state index is -3.64. The van der Waals surface area contributed by atoms with Crippen molar-refractivity contribution in [1.29, 1.82) is 5.26 Å². The molecule has 3 aromatic rings. The highest BCUT2D eigenvalue weighted by Gasteiger charge is 2.22. The number of rotatable bonds is 6. The Labute approximate surface area is 164 Å². The molecular formula is C16H16N6O4S2. The van der Waals surface area contributed by atoms with Gasteiger partial charge in [-0.25, -0.2) is 17.1 Å². The van der Waals surface area contributed by atoms with Gasteiger partial charge in [-0.15, -0.1) is 5.10 Å². The number of benzene rings is 1. The molecule has 12 heteroatoms. The van der Waals surface area contributed by atoms with Crippen LogP contribution in [0.5, 0.6) is 0 Å². The summed E-state index contributed by atoms with van der Waals surface area (Å²) in [7, 11) is -0.759. The fourth-order valence-electron chi connectivity index (χ4n) is 2.42. The molecule has 0 spiro atoms. The molecule has 0 saturated carbocycles. The van der Waals surface area contributed by atoms with Crippen molar-refractivity contribution < 1.29 is 17.6 Å². The Morgan fingerprint density at radius 2 is 2.11 bits per heavy atom. The second-order valence-corrected chi connectivity index (χ2v) is 9.10. The van der Waals surface area contributed by atoms with Crippen LogP contribution < -0.4 is 5.73 Å². The second kappa shape index (κ2) is 7.27. The lowest BCUT2D eigenvalue weighted by atomic mass is 10.2. The number of nitriles is 1. The number of carbonyl (C=O) groups is 1. The standard InChI is InChI=1S/C16H16N6O4S2/c1-9(18)11(7-17)13(23)8-27-16-20-19-15-22(16)12-6-10(4-5-14(12)26-15)28(24,25)21(2)3/h4-6H,8,18H2,1-3H3/b11-9+. The monoisotopic (exact) mass is 420 g/mol. The number of oxazole rings is 1. The Morgan fingerprint density at radius 3 is 2.71 bits per heavy atom. The highest BCUT2D eigenvalue weighted by Crippen LogP contribution is 2.28. The third kappa shape index (κ3) is 3.35. The van der Waals surface area contributed by atoms with Gasteiger partial charge in [0.05, 0.1) is 16.2 Å². The summed E-state index contributed by atoms with van der Waals surface area (Å²) in [5, 5.41) is 17.2. The molecule has 10 nitrogen and oxygen atoms in total. The molecule has 3 rings (SSSR count). The van der Waals surface area contributed by atoms with E-state index in [9.17, 15) is 13.2 Å². The molecule has 0 unspecified atom stereocenters. The summed E-state index contributed by atoms with van der Waals surface area (Å²) in [5.41, 5.74) is 6.45. The summed E-state index contributed by atoms with van der Waals surface area (Å²) in [6.45, 7) is 1.48. The van der Waals surface area contributed by atoms with E-state index in [1.54, 1.807) is 6.07 Å². The molecule has 0 radical (unpaired) electrons. The number of aromatic nitrogens is 3. The molecule has 2 heterocycles. The number of hydrogen-bond acceptors (Lipinski definition) is 9. The fourth-order valence-corrected chi connectivity index (χ4v) is 4.15. The van der Waals surface area contributed by atoms with E-state index in [0.29, 0.717) is 16.3 Å². The fraction of sp³-hybridized carbons (Fsp3) is 0.250. The minimum absolute atomic E-state index is 0.0828. The number of fused-ring (bicyclic) bond motifs is 3. The van der Waals surface area contributed by atoms with Crippen molar-refractivity contribution >= 4 is 44.5 Å². The first-order valence-corrected chi connectivity index (χ1v) is 10.3. The molecule has 2 N–H and O–H groups in total. The Kier molecular flexibility index (Phi) is 5.16. The van der Waals surface area contributed by atoms with Gasteiger partial charge in [0.25, 0.3) is 0 Å². The predicted molar refractivity (Wildman–Crippen MR) is 102 cm³/mol. The molecule has 1 aromatic carbocycles. The van der Waals surface area contributed by atoms with E-state index >= 15 is 0 Å². The zero-order valence-corrected chi connectivity index (χ0v) is 16.8. The quantitative estimate of drug-likeness (QED) is 0.352. The topological polar surface area (TPSA) is 148 Å². The Bertz CT molecular complexity index is 1260. The molecule has 0 bridgehead atoms. The molecule has 0 amide bonds. The maximum absolute atomic E-state index is 12.4. The average Bonchev–Trinajstić information content (AvgIpc) is 3.18. The number of ketones is 1. The molecular weight excluding hydrogens is 404 g/mol. The summed E-state index contributed by atoms with van der Waals surface area (Å²) in [4.78, 5) is 12.2. The van der Waals surface area contributed by atoms with Gasteiger partial charge in [0.1, 0.15) is 11.6 Å². The van der Waals surface area contributed by atoms with Gasteiger partial charge >= 0.3 is 5.84 Å². The number of hydrogen-bond donors (Lipinski definition) is 1. The van der Waals surface area contributed by atoms with E-state index < -0.39 is 15.8 Å². The van der Waals surface area contributed by atoms with Gasteiger partial charge in [-0.05, 0) is 25.1 Å². The van der Waals surface area contributed by atoms with Crippen LogP contribution in [-0.4, -0.2) is 53.0 Å². The Balaban J connectivity index is 2.02. The van der Waals surface area contributed by atoms with Gasteiger partial charge in [0, 0.05) is 19.8 Å². The van der Waals surface area contributed by atoms with Crippen LogP contribution in [-0.2, 0) is 14.8 Å². The highest BCUT2D eigenvalue weighted by molar-refractivity contribution is 7.99. The molecule has 0 atom stereocenters. The number of thioether (sulfide) groups is 1. The van der Waals surface area contributed by atoms with Crippen molar-refractivity contribution in [3.63, 3.8) is 0 Å². The summed E-state index contributed by atoms with van der Waals surface area (Å²) in [6, 6.07) is 6.23. The third-order valence-electron chi connectivity index (χ3n) is 3.87. The summed E-state index contributed by atoms with van der Waals surface area (Å²) in [5.74, 6) is -0.357. The number of nitrogens with zero attached hydrogens (tertiary/aromatic N) is 5. The first-order valence-electron chi connectivity index (χ1n) is 7.89. The Morgan fingerprint density at radius 1 is 1.39 bits per heavy atom. The molecule has 0 aliphatic heterocycles. The molecule has 28 heavy (non-hydrogen) atoms. The molecule has 0 aliphatic carbocycles. The molecule has 0 aliphatic rings. The minimum Gasteiger partial charge on any atom is -0.422 e. The van der Waals surface area contributed by atoms with E-state index in [-0.39, 0.29) is 27.8 Å². The van der Waals surface area contributed by atoms with Crippen molar-refractivity contribution in [3.05, 3.63) is 29.5 Å². The van der Waals surface area contributed by atoms with Crippen LogP contribution in [0.25, 0.3) is 16.9 Å². The normalized spacial score (nSPS) is 13.1. The maximum Gasteiger partial charge on any atom is 0.328 e. The van der Waals surface area contributed by atoms with Gasteiger partial charge in [0.15, 0.2) is 16.5 Å². The van der Waals surface area contributed by atoms with E-state index in [2.05, 4.69) is 10.2 Å². The first kappa shape index (κ1) is 19.9. The van der Waals surface area contributed by atoms with E-state index in [1.165, 1.54) is 43.6 Å². The molecule has 0 fully saturated rings. The second-order valence-electron chi connectivity index (χ2n) is 6.00. The lowest BCUT2D eigenvalue weighted by molar-refractivity contribution is -0.112. The van der Waals surface area contributed by atoms with Crippen LogP contribution in [0.4, 0.5) is 0 Å². The van der Waals surface area contributed by atoms with Crippen LogP contribution in [0.3, 0.4) is 0 Å².